The summed E-state index contributed by atoms with van der Waals surface area (Å²) in [6.45, 7) is 0. The average Bonchev–Trinajstić information content (AvgIpc) is 1.38. The van der Waals surface area contributed by atoms with Gasteiger partial charge in [0, 0.05) is 0 Å². The van der Waals surface area contributed by atoms with E-state index in [4.69, 9.17) is 14.7 Å². The molecule has 0 aromatic rings. The summed E-state index contributed by atoms with van der Waals surface area (Å²) < 4.78 is 0. The topological polar surface area (TPSA) is 54.4 Å². The Morgan fingerprint density at radius 3 is 1.83 bits per heavy atom. The zero-order valence-electron chi connectivity index (χ0n) is 2.34. The zero-order chi connectivity index (χ0) is 4.28. The van der Waals surface area contributed by atoms with Crippen LogP contribution in [0.15, 0.2) is 0 Å². The van der Waals surface area contributed by atoms with E-state index in [0.29, 0.717) is 0 Å². The minimum absolute atomic E-state index is 0. The Labute approximate surface area is 50.5 Å². The fraction of sp³-hybridized carbons (Fsp3) is 0. The van der Waals surface area contributed by atoms with Crippen LogP contribution in [0, 0.1) is 0 Å². The maximum absolute atomic E-state index is 9.00. The first-order chi connectivity index (χ1) is 2.27. The molecule has 0 aliphatic carbocycles. The maximum atomic E-state index is 9.00. The van der Waals surface area contributed by atoms with Gasteiger partial charge in [-0.3, -0.25) is 4.79 Å². The van der Waals surface area contributed by atoms with E-state index in [1.54, 1.807) is 0 Å². The molecular weight excluding hydrogens is 96.3 g/mol. The first-order valence-corrected chi connectivity index (χ1v) is 0.952. The molecule has 0 rings (SSSR count). The van der Waals surface area contributed by atoms with Crippen LogP contribution in [0.5, 0.6) is 0 Å². The summed E-state index contributed by atoms with van der Waals surface area (Å²) in [7, 11) is 0. The minimum atomic E-state index is -1.43. The molecule has 0 radical (unpaired) electrons. The number of hydrogen-bond acceptors (Lipinski definition) is 2. The Kier molecular flexibility index (Phi) is 7.62. The first-order valence-electron chi connectivity index (χ1n) is 0.952. The van der Waals surface area contributed by atoms with Gasteiger partial charge >= 0.3 is 29.0 Å². The number of aliphatic carboxylic acids is 1. The molecular formula is C2H4MgO3. The molecule has 0 aliphatic heterocycles. The summed E-state index contributed by atoms with van der Waals surface area (Å²) in [6, 6.07) is 0. The number of aldehydes is 1. The van der Waals surface area contributed by atoms with Gasteiger partial charge in [-0.2, -0.15) is 0 Å². The van der Waals surface area contributed by atoms with Gasteiger partial charge < -0.3 is 5.11 Å². The Morgan fingerprint density at radius 2 is 1.83 bits per heavy atom. The quantitative estimate of drug-likeness (QED) is 0.244. The lowest BCUT2D eigenvalue weighted by atomic mass is 10.8. The second kappa shape index (κ2) is 4.91. The van der Waals surface area contributed by atoms with Crippen molar-refractivity contribution in [1.29, 1.82) is 0 Å². The molecule has 32 valence electrons. The van der Waals surface area contributed by atoms with Gasteiger partial charge in [-0.25, -0.2) is 4.79 Å². The minimum Gasteiger partial charge on any atom is -0.476 e. The molecule has 1 N–H and O–H groups in total. The molecule has 0 saturated heterocycles. The van der Waals surface area contributed by atoms with Crippen molar-refractivity contribution in [2.24, 2.45) is 0 Å². The van der Waals surface area contributed by atoms with Crippen LogP contribution in [0.1, 0.15) is 0 Å². The van der Waals surface area contributed by atoms with E-state index in [2.05, 4.69) is 0 Å². The molecule has 0 unspecified atom stereocenters. The van der Waals surface area contributed by atoms with Crippen LogP contribution in [0.2, 0.25) is 0 Å². The summed E-state index contributed by atoms with van der Waals surface area (Å²) in [5, 5.41) is 7.35. The molecule has 0 atom stereocenters. The second-order valence-electron chi connectivity index (χ2n) is 0.456. The van der Waals surface area contributed by atoms with E-state index in [0.717, 1.165) is 0 Å². The van der Waals surface area contributed by atoms with E-state index in [-0.39, 0.29) is 29.3 Å². The normalized spacial score (nSPS) is 5.33. The Hall–Kier alpha value is -0.0938. The van der Waals surface area contributed by atoms with Gasteiger partial charge in [0.25, 0.3) is 0 Å². The smallest absolute Gasteiger partial charge is 0.368 e. The highest BCUT2D eigenvalue weighted by molar-refractivity contribution is 6.19. The van der Waals surface area contributed by atoms with Crippen LogP contribution < -0.4 is 0 Å². The molecule has 6 heavy (non-hydrogen) atoms. The van der Waals surface area contributed by atoms with Crippen LogP contribution in [0.4, 0.5) is 0 Å². The number of carboxylic acids is 1. The van der Waals surface area contributed by atoms with Crippen LogP contribution in [-0.2, 0) is 9.59 Å². The third-order valence-corrected chi connectivity index (χ3v) is 0.101. The van der Waals surface area contributed by atoms with Gasteiger partial charge in [-0.05, 0) is 0 Å². The lowest BCUT2D eigenvalue weighted by Gasteiger charge is -1.59. The van der Waals surface area contributed by atoms with Gasteiger partial charge in [-0.15, -0.1) is 0 Å². The molecule has 0 aromatic heterocycles. The van der Waals surface area contributed by atoms with Gasteiger partial charge in [-0.1, -0.05) is 0 Å². The molecule has 0 saturated carbocycles. The van der Waals surface area contributed by atoms with Crippen molar-refractivity contribution in [3.05, 3.63) is 0 Å². The molecule has 0 heterocycles. The first kappa shape index (κ1) is 9.32. The van der Waals surface area contributed by atoms with Gasteiger partial charge in [0.2, 0.25) is 6.29 Å². The van der Waals surface area contributed by atoms with E-state index in [1.165, 1.54) is 0 Å². The predicted molar refractivity (Wildman–Crippen MR) is 22.2 cm³/mol. The summed E-state index contributed by atoms with van der Waals surface area (Å²) in [5.41, 5.74) is 0. The Morgan fingerprint density at radius 1 is 1.67 bits per heavy atom. The lowest BCUT2D eigenvalue weighted by Crippen LogP contribution is -1.91. The van der Waals surface area contributed by atoms with E-state index >= 15 is 0 Å². The molecule has 0 aliphatic rings. The van der Waals surface area contributed by atoms with E-state index in [1.807, 2.05) is 0 Å². The predicted octanol–water partition coefficient (Wildman–Crippen LogP) is -1.65. The second-order valence-corrected chi connectivity index (χ2v) is 0.456. The summed E-state index contributed by atoms with van der Waals surface area (Å²) >= 11 is 0. The third kappa shape index (κ3) is 9.08. The SMILES string of the molecule is O=CC(=O)O.[MgH2]. The largest absolute Gasteiger partial charge is 0.476 e. The van der Waals surface area contributed by atoms with Gasteiger partial charge in [0.1, 0.15) is 0 Å². The number of rotatable bonds is 1. The molecule has 4 heteroatoms. The van der Waals surface area contributed by atoms with Crippen molar-refractivity contribution >= 4 is 35.3 Å². The van der Waals surface area contributed by atoms with Crippen molar-refractivity contribution in [3.8, 4) is 0 Å². The monoisotopic (exact) mass is 100 g/mol. The van der Waals surface area contributed by atoms with Gasteiger partial charge in [0.15, 0.2) is 0 Å². The standard InChI is InChI=1S/C2H2O3.Mg.2H/c3-1-2(4)5;;;/h1H,(H,4,5);;;. The number of carbonyl (C=O) groups is 2. The molecule has 0 spiro atoms. The third-order valence-electron chi connectivity index (χ3n) is 0.101. The van der Waals surface area contributed by atoms with Gasteiger partial charge in [0.05, 0.1) is 0 Å². The highest BCUT2D eigenvalue weighted by Crippen LogP contribution is 1.39. The Bertz CT molecular complexity index is 59.8. The maximum Gasteiger partial charge on any atom is 0.368 e. The molecule has 0 fully saturated rings. The van der Waals surface area contributed by atoms with Crippen LogP contribution >= 0.6 is 0 Å². The number of hydrogen-bond donors (Lipinski definition) is 1. The summed E-state index contributed by atoms with van der Waals surface area (Å²) in [6.07, 6.45) is -0.167. The number of carbonyl (C=O) groups excluding carboxylic acids is 1. The van der Waals surface area contributed by atoms with Crippen LogP contribution in [0.25, 0.3) is 0 Å². The molecule has 0 bridgehead atoms. The summed E-state index contributed by atoms with van der Waals surface area (Å²) in [4.78, 5) is 17.9. The fourth-order valence-electron chi connectivity index (χ4n) is 0. The lowest BCUT2D eigenvalue weighted by molar-refractivity contribution is -0.143. The van der Waals surface area contributed by atoms with Crippen LogP contribution in [-0.4, -0.2) is 40.4 Å². The highest BCUT2D eigenvalue weighted by Gasteiger charge is 1.80. The number of carboxylic acid groups (broad SMARTS) is 1. The fourth-order valence-corrected chi connectivity index (χ4v) is 0. The molecule has 3 nitrogen and oxygen atoms in total. The Balaban J connectivity index is 0. The molecule has 0 amide bonds. The van der Waals surface area contributed by atoms with Crippen molar-refractivity contribution in [2.45, 2.75) is 0 Å². The average molecular weight is 100 g/mol. The summed E-state index contributed by atoms with van der Waals surface area (Å²) in [5.74, 6) is -1.43. The molecule has 0 aromatic carbocycles. The zero-order valence-corrected chi connectivity index (χ0v) is 2.34. The van der Waals surface area contributed by atoms with Crippen molar-refractivity contribution in [2.75, 3.05) is 0 Å². The van der Waals surface area contributed by atoms with Crippen molar-refractivity contribution < 1.29 is 14.7 Å². The highest BCUT2D eigenvalue weighted by atomic mass is 24.3. The van der Waals surface area contributed by atoms with Crippen molar-refractivity contribution in [3.63, 3.8) is 0 Å². The van der Waals surface area contributed by atoms with Crippen molar-refractivity contribution in [1.82, 2.24) is 0 Å². The van der Waals surface area contributed by atoms with E-state index in [9.17, 15) is 0 Å². The van der Waals surface area contributed by atoms with E-state index < -0.39 is 5.97 Å². The van der Waals surface area contributed by atoms with Crippen LogP contribution in [0.3, 0.4) is 0 Å².